The molecule has 4 nitrogen and oxygen atoms in total. The Kier molecular flexibility index (Phi) is 5.89. The Morgan fingerprint density at radius 3 is 2.56 bits per heavy atom. The second-order valence-electron chi connectivity index (χ2n) is 6.40. The van der Waals surface area contributed by atoms with Crippen molar-refractivity contribution in [2.45, 2.75) is 13.5 Å². The molecule has 0 radical (unpaired) electrons. The van der Waals surface area contributed by atoms with Crippen molar-refractivity contribution in [2.75, 3.05) is 33.3 Å². The minimum atomic E-state index is 0.122. The van der Waals surface area contributed by atoms with Crippen LogP contribution in [0.2, 0.25) is 0 Å². The van der Waals surface area contributed by atoms with Gasteiger partial charge in [0.05, 0.1) is 33.3 Å². The number of nitrogens with one attached hydrogen (secondary N) is 1. The first-order valence-corrected chi connectivity index (χ1v) is 9.51. The van der Waals surface area contributed by atoms with Gasteiger partial charge in [-0.05, 0) is 54.3 Å². The van der Waals surface area contributed by atoms with E-state index in [9.17, 15) is 4.79 Å². The standard InChI is InChI=1S/C20H24N2O2S/c1-16-9-14-25-19(16)7-8-20(23)22-12-10-21(11-13-22)15-17-3-5-18(24-2)6-4-17/h3-9,14H,10-13,15H2,1-2H3/p+1/b8-7+. The number of nitrogens with zero attached hydrogens (tertiary/aromatic N) is 1. The van der Waals surface area contributed by atoms with Gasteiger partial charge in [0, 0.05) is 16.5 Å². The van der Waals surface area contributed by atoms with Gasteiger partial charge in [-0.3, -0.25) is 4.79 Å². The normalized spacial score (nSPS) is 15.7. The molecule has 1 aliphatic rings. The lowest BCUT2D eigenvalue weighted by atomic mass is 10.2. The van der Waals surface area contributed by atoms with E-state index in [1.807, 2.05) is 23.1 Å². The lowest BCUT2D eigenvalue weighted by Gasteiger charge is -2.31. The molecule has 1 aromatic carbocycles. The first-order chi connectivity index (χ1) is 12.2. The van der Waals surface area contributed by atoms with Crippen LogP contribution in [-0.2, 0) is 11.3 Å². The van der Waals surface area contributed by atoms with Crippen LogP contribution in [0.3, 0.4) is 0 Å². The van der Waals surface area contributed by atoms with E-state index >= 15 is 0 Å². The zero-order valence-electron chi connectivity index (χ0n) is 14.8. The van der Waals surface area contributed by atoms with Crippen molar-refractivity contribution in [3.05, 3.63) is 57.8 Å². The number of methoxy groups -OCH3 is 1. The van der Waals surface area contributed by atoms with Crippen molar-refractivity contribution < 1.29 is 14.4 Å². The molecule has 0 unspecified atom stereocenters. The Hall–Kier alpha value is -2.11. The van der Waals surface area contributed by atoms with Gasteiger partial charge in [-0.2, -0.15) is 0 Å². The molecule has 132 valence electrons. The molecule has 0 saturated carbocycles. The molecule has 0 bridgehead atoms. The summed E-state index contributed by atoms with van der Waals surface area (Å²) in [5.41, 5.74) is 2.53. The van der Waals surface area contributed by atoms with E-state index in [4.69, 9.17) is 4.74 Å². The molecule has 3 rings (SSSR count). The van der Waals surface area contributed by atoms with Crippen LogP contribution in [0.4, 0.5) is 0 Å². The van der Waals surface area contributed by atoms with Gasteiger partial charge in [0.25, 0.3) is 0 Å². The first kappa shape index (κ1) is 17.7. The highest BCUT2D eigenvalue weighted by atomic mass is 32.1. The van der Waals surface area contributed by atoms with Crippen LogP contribution in [0.5, 0.6) is 5.75 Å². The van der Waals surface area contributed by atoms with Crippen LogP contribution in [0.15, 0.2) is 41.8 Å². The summed E-state index contributed by atoms with van der Waals surface area (Å²) in [5.74, 6) is 1.01. The van der Waals surface area contributed by atoms with Crippen LogP contribution in [0.1, 0.15) is 16.0 Å². The summed E-state index contributed by atoms with van der Waals surface area (Å²) in [5, 5.41) is 2.06. The fraction of sp³-hybridized carbons (Fsp3) is 0.350. The van der Waals surface area contributed by atoms with Crippen molar-refractivity contribution in [2.24, 2.45) is 0 Å². The van der Waals surface area contributed by atoms with E-state index in [-0.39, 0.29) is 5.91 Å². The smallest absolute Gasteiger partial charge is 0.247 e. The van der Waals surface area contributed by atoms with Crippen molar-refractivity contribution in [1.29, 1.82) is 0 Å². The summed E-state index contributed by atoms with van der Waals surface area (Å²) in [7, 11) is 1.69. The second-order valence-corrected chi connectivity index (χ2v) is 7.35. The molecule has 2 aromatic rings. The van der Waals surface area contributed by atoms with Crippen LogP contribution < -0.4 is 9.64 Å². The van der Waals surface area contributed by atoms with Gasteiger partial charge in [0.1, 0.15) is 12.3 Å². The molecule has 5 heteroatoms. The third-order valence-corrected chi connectivity index (χ3v) is 5.66. The molecule has 0 atom stereocenters. The van der Waals surface area contributed by atoms with Gasteiger partial charge in [0.2, 0.25) is 5.91 Å². The first-order valence-electron chi connectivity index (χ1n) is 8.63. The fourth-order valence-corrected chi connectivity index (χ4v) is 3.88. The third kappa shape index (κ3) is 4.71. The summed E-state index contributed by atoms with van der Waals surface area (Å²) in [6, 6.07) is 10.3. The van der Waals surface area contributed by atoms with Gasteiger partial charge in [-0.1, -0.05) is 0 Å². The number of aryl methyl sites for hydroxylation is 1. The molecular weight excluding hydrogens is 332 g/mol. The Morgan fingerprint density at radius 2 is 1.96 bits per heavy atom. The van der Waals surface area contributed by atoms with E-state index in [2.05, 4.69) is 30.5 Å². The minimum absolute atomic E-state index is 0.122. The van der Waals surface area contributed by atoms with Crippen molar-refractivity contribution >= 4 is 23.3 Å². The van der Waals surface area contributed by atoms with E-state index in [0.29, 0.717) is 0 Å². The summed E-state index contributed by atoms with van der Waals surface area (Å²) < 4.78 is 5.20. The predicted octanol–water partition coefficient (Wildman–Crippen LogP) is 2.01. The van der Waals surface area contributed by atoms with Gasteiger partial charge in [0.15, 0.2) is 0 Å². The number of carbonyl (C=O) groups is 1. The van der Waals surface area contributed by atoms with Crippen molar-refractivity contribution in [3.63, 3.8) is 0 Å². The summed E-state index contributed by atoms with van der Waals surface area (Å²) in [4.78, 5) is 17.0. The maximum Gasteiger partial charge on any atom is 0.247 e. The molecule has 25 heavy (non-hydrogen) atoms. The lowest BCUT2D eigenvalue weighted by Crippen LogP contribution is -3.13. The Bertz CT molecular complexity index is 728. The van der Waals surface area contributed by atoms with E-state index in [0.717, 1.165) is 43.4 Å². The van der Waals surface area contributed by atoms with Gasteiger partial charge < -0.3 is 14.5 Å². The van der Waals surface area contributed by atoms with Crippen LogP contribution >= 0.6 is 11.3 Å². The fourth-order valence-electron chi connectivity index (χ4n) is 3.06. The lowest BCUT2D eigenvalue weighted by molar-refractivity contribution is -0.917. The maximum atomic E-state index is 12.4. The zero-order valence-corrected chi connectivity index (χ0v) is 15.6. The number of benzene rings is 1. The maximum absolute atomic E-state index is 12.4. The molecule has 1 N–H and O–H groups in total. The number of thiophene rings is 1. The van der Waals surface area contributed by atoms with Crippen LogP contribution in [0.25, 0.3) is 6.08 Å². The van der Waals surface area contributed by atoms with Crippen LogP contribution in [0, 0.1) is 6.92 Å². The van der Waals surface area contributed by atoms with E-state index < -0.39 is 0 Å². The van der Waals surface area contributed by atoms with Gasteiger partial charge in [-0.25, -0.2) is 0 Å². The molecule has 0 spiro atoms. The van der Waals surface area contributed by atoms with Crippen molar-refractivity contribution in [3.8, 4) is 5.75 Å². The molecule has 1 fully saturated rings. The van der Waals surface area contributed by atoms with Crippen molar-refractivity contribution in [1.82, 2.24) is 4.90 Å². The molecule has 1 amide bonds. The average molecular weight is 357 g/mol. The number of piperazine rings is 1. The molecule has 0 aliphatic carbocycles. The number of rotatable bonds is 5. The van der Waals surface area contributed by atoms with E-state index in [1.165, 1.54) is 16.0 Å². The highest BCUT2D eigenvalue weighted by Gasteiger charge is 2.22. The number of quaternary nitrogens is 1. The number of amides is 1. The SMILES string of the molecule is COc1ccc(C[NH+]2CCN(C(=O)/C=C/c3sccc3C)CC2)cc1. The zero-order chi connectivity index (χ0) is 17.6. The van der Waals surface area contributed by atoms with E-state index in [1.54, 1.807) is 24.5 Å². The Labute approximate surface area is 153 Å². The number of ether oxygens (including phenoxy) is 1. The topological polar surface area (TPSA) is 34.0 Å². The molecular formula is C20H25N2O2S+. The quantitative estimate of drug-likeness (QED) is 0.831. The highest BCUT2D eigenvalue weighted by molar-refractivity contribution is 7.11. The molecule has 1 saturated heterocycles. The summed E-state index contributed by atoms with van der Waals surface area (Å²) >= 11 is 1.67. The predicted molar refractivity (Wildman–Crippen MR) is 102 cm³/mol. The largest absolute Gasteiger partial charge is 0.497 e. The van der Waals surface area contributed by atoms with Gasteiger partial charge in [-0.15, -0.1) is 11.3 Å². The highest BCUT2D eigenvalue weighted by Crippen LogP contribution is 2.17. The summed E-state index contributed by atoms with van der Waals surface area (Å²) in [6.07, 6.45) is 3.66. The molecule has 2 heterocycles. The van der Waals surface area contributed by atoms with Crippen LogP contribution in [-0.4, -0.2) is 44.1 Å². The second kappa shape index (κ2) is 8.32. The number of hydrogen-bond donors (Lipinski definition) is 1. The molecule has 1 aliphatic heterocycles. The summed E-state index contributed by atoms with van der Waals surface area (Å²) in [6.45, 7) is 6.68. The Balaban J connectivity index is 1.48. The molecule has 1 aromatic heterocycles. The monoisotopic (exact) mass is 357 g/mol. The van der Waals surface area contributed by atoms with Gasteiger partial charge >= 0.3 is 0 Å². The number of hydrogen-bond acceptors (Lipinski definition) is 3. The third-order valence-electron chi connectivity index (χ3n) is 4.67. The Morgan fingerprint density at radius 1 is 1.24 bits per heavy atom. The average Bonchev–Trinajstić information content (AvgIpc) is 3.06. The minimum Gasteiger partial charge on any atom is -0.497 e. The number of carbonyl (C=O) groups excluding carboxylic acids is 1.